The smallest absolute Gasteiger partial charge is 0.330 e. The van der Waals surface area contributed by atoms with Gasteiger partial charge in [-0.05, 0) is 101 Å². The minimum atomic E-state index is -2.76. The number of methoxy groups -OCH3 is 2. The van der Waals surface area contributed by atoms with Crippen LogP contribution in [-0.2, 0) is 28.5 Å². The molecule has 0 bridgehead atoms. The van der Waals surface area contributed by atoms with Crippen LogP contribution in [0.5, 0.6) is 11.5 Å². The number of hydrogen-bond acceptors (Lipinski definition) is 13. The summed E-state index contributed by atoms with van der Waals surface area (Å²) in [6.45, 7) is 24.4. The Kier molecular flexibility index (Phi) is 17.9. The largest absolute Gasteiger partial charge is 0.497 e. The highest BCUT2D eigenvalue weighted by molar-refractivity contribution is 7.44. The maximum Gasteiger partial charge on any atom is 0.330 e. The van der Waals surface area contributed by atoms with Crippen molar-refractivity contribution in [3.63, 3.8) is 0 Å². The van der Waals surface area contributed by atoms with E-state index in [4.69, 9.17) is 32.4 Å². The Bertz CT molecular complexity index is 2380. The predicted molar refractivity (Wildman–Crippen MR) is 273 cm³/mol. The van der Waals surface area contributed by atoms with Crippen LogP contribution in [0.2, 0.25) is 18.1 Å². The van der Waals surface area contributed by atoms with Crippen LogP contribution >= 0.6 is 8.53 Å². The molecule has 6 rings (SSSR count). The minimum Gasteiger partial charge on any atom is -0.497 e. The molecule has 0 spiro atoms. The van der Waals surface area contributed by atoms with Gasteiger partial charge in [-0.15, -0.1) is 0 Å². The number of aryl methyl sites for hydroxylation is 1. The van der Waals surface area contributed by atoms with E-state index in [1.54, 1.807) is 27.3 Å². The third kappa shape index (κ3) is 12.1. The number of ether oxygens (including phenoxy) is 4. The van der Waals surface area contributed by atoms with Crippen LogP contribution in [0.4, 0.5) is 0 Å². The molecular weight excluding hydrogens is 912 g/mol. The monoisotopic (exact) mass is 987 g/mol. The van der Waals surface area contributed by atoms with Gasteiger partial charge in [0.25, 0.3) is 14.1 Å². The average molecular weight is 987 g/mol. The molecule has 1 aromatic heterocycles. The van der Waals surface area contributed by atoms with Crippen LogP contribution in [0.3, 0.4) is 0 Å². The number of piperazine rings is 1. The zero-order valence-electron chi connectivity index (χ0n) is 43.0. The SMILES string of the molecule is COc1ccc(C(OC[C@@]2(CN3CCN(C)CC3)O[C@@H](n3cc(C)c(=O)[nH]c3=O)[C@H](O[Si](C)(C)C(C)(C)C)[C@H]2OP(OCCC#N)N(C(C)C)C(C)C)(c2ccccc2)c2ccc(OC)cc2)cc1. The molecule has 3 heterocycles. The van der Waals surface area contributed by atoms with Gasteiger partial charge in [0.15, 0.2) is 14.5 Å². The summed E-state index contributed by atoms with van der Waals surface area (Å²) < 4.78 is 52.5. The van der Waals surface area contributed by atoms with E-state index in [2.05, 4.69) is 106 Å². The molecule has 1 N–H and O–H groups in total. The Balaban J connectivity index is 1.69. The fourth-order valence-electron chi connectivity index (χ4n) is 8.98. The summed E-state index contributed by atoms with van der Waals surface area (Å²) in [4.78, 5) is 34.6. The number of H-pyrrole nitrogens is 1. The van der Waals surface area contributed by atoms with Crippen molar-refractivity contribution in [2.45, 2.75) is 122 Å². The Morgan fingerprint density at radius 2 is 1.43 bits per heavy atom. The van der Waals surface area contributed by atoms with Crippen molar-refractivity contribution >= 4 is 16.8 Å². The molecule has 0 aliphatic carbocycles. The maximum atomic E-state index is 14.3. The van der Waals surface area contributed by atoms with Crippen molar-refractivity contribution in [2.75, 3.05) is 67.2 Å². The van der Waals surface area contributed by atoms with E-state index < -0.39 is 57.7 Å². The number of likely N-dealkylation sites (N-methyl/N-ethyl adjacent to an activating group) is 1. The number of nitrogens with one attached hydrogen (secondary N) is 1. The lowest BCUT2D eigenvalue weighted by Gasteiger charge is -2.46. The van der Waals surface area contributed by atoms with Gasteiger partial charge in [0.05, 0.1) is 39.9 Å². The Labute approximate surface area is 411 Å². The number of nitrogens with zero attached hydrogens (tertiary/aromatic N) is 5. The molecule has 5 atom stereocenters. The van der Waals surface area contributed by atoms with Gasteiger partial charge in [0, 0.05) is 56.6 Å². The Morgan fingerprint density at radius 3 is 1.94 bits per heavy atom. The summed E-state index contributed by atoms with van der Waals surface area (Å²) in [5.74, 6) is 1.38. The molecule has 3 aromatic carbocycles. The number of rotatable bonds is 21. The first kappa shape index (κ1) is 54.1. The molecular formula is C52H75N6O9PSi. The van der Waals surface area contributed by atoms with E-state index in [9.17, 15) is 14.9 Å². The van der Waals surface area contributed by atoms with E-state index >= 15 is 0 Å². The van der Waals surface area contributed by atoms with E-state index in [1.807, 2.05) is 66.7 Å². The first-order valence-electron chi connectivity index (χ1n) is 24.0. The zero-order chi connectivity index (χ0) is 50.3. The molecule has 15 nitrogen and oxygen atoms in total. The lowest BCUT2D eigenvalue weighted by atomic mass is 9.79. The Hall–Kier alpha value is -4.24. The zero-order valence-corrected chi connectivity index (χ0v) is 44.9. The summed E-state index contributed by atoms with van der Waals surface area (Å²) in [5, 5.41) is 9.47. The number of benzene rings is 3. The Morgan fingerprint density at radius 1 is 0.884 bits per heavy atom. The second kappa shape index (κ2) is 22.9. The van der Waals surface area contributed by atoms with E-state index in [-0.39, 0.29) is 36.8 Å². The molecule has 0 saturated carbocycles. The third-order valence-corrected chi connectivity index (χ3v) is 20.4. The quantitative estimate of drug-likeness (QED) is 0.0368. The molecule has 2 fully saturated rings. The van der Waals surface area contributed by atoms with Crippen LogP contribution in [0.25, 0.3) is 0 Å². The first-order valence-corrected chi connectivity index (χ1v) is 28.1. The molecule has 69 heavy (non-hydrogen) atoms. The molecule has 2 aliphatic heterocycles. The van der Waals surface area contributed by atoms with Crippen molar-refractivity contribution in [1.82, 2.24) is 24.0 Å². The predicted octanol–water partition coefficient (Wildman–Crippen LogP) is 8.44. The standard InChI is InChI=1S/C52H75N6O9PSi/c1-37(2)58(38(3)4)68(64-33-17-28-53)66-46-45(67-69(12,13)50(6,7)8)48(57-34-39(5)47(59)54-49(57)60)65-51(46,35-56-31-29-55(9)30-32-56)36-63-52(40-18-15-14-16-19-40,41-20-24-43(61-10)25-21-41)42-22-26-44(62-11)27-23-42/h14-16,18-27,34,37-38,45-46,48H,17,29-33,35-36H2,1-13H3,(H,54,59,60)/t45-,46-,48-,51-,68?/m1/s1. The second-order valence-electron chi connectivity index (χ2n) is 20.3. The molecule has 0 radical (unpaired) electrons. The van der Waals surface area contributed by atoms with Gasteiger partial charge in [0.1, 0.15) is 34.9 Å². The highest BCUT2D eigenvalue weighted by Crippen LogP contribution is 2.55. The van der Waals surface area contributed by atoms with Gasteiger partial charge >= 0.3 is 5.69 Å². The van der Waals surface area contributed by atoms with Crippen molar-refractivity contribution in [3.8, 4) is 17.6 Å². The van der Waals surface area contributed by atoms with Crippen LogP contribution in [-0.4, -0.2) is 129 Å². The van der Waals surface area contributed by atoms with Crippen molar-refractivity contribution in [1.29, 1.82) is 5.26 Å². The minimum absolute atomic E-state index is 0.0281. The fourth-order valence-corrected chi connectivity index (χ4v) is 12.1. The van der Waals surface area contributed by atoms with E-state index in [0.717, 1.165) is 42.9 Å². The summed E-state index contributed by atoms with van der Waals surface area (Å²) >= 11 is 0. The van der Waals surface area contributed by atoms with Crippen molar-refractivity contribution in [3.05, 3.63) is 128 Å². The fraction of sp³-hybridized carbons (Fsp3) is 0.558. The molecule has 4 aromatic rings. The number of nitriles is 1. The average Bonchev–Trinajstić information content (AvgIpc) is 3.59. The number of aromatic amines is 1. The van der Waals surface area contributed by atoms with Crippen LogP contribution in [0, 0.1) is 18.3 Å². The topological polar surface area (TPSA) is 153 Å². The molecule has 0 amide bonds. The third-order valence-electron chi connectivity index (χ3n) is 13.8. The van der Waals surface area contributed by atoms with Gasteiger partial charge in [-0.3, -0.25) is 19.2 Å². The van der Waals surface area contributed by atoms with Crippen LogP contribution < -0.4 is 20.7 Å². The molecule has 2 saturated heterocycles. The van der Waals surface area contributed by atoms with Crippen molar-refractivity contribution in [2.24, 2.45) is 0 Å². The highest BCUT2D eigenvalue weighted by Gasteiger charge is 2.62. The molecule has 17 heteroatoms. The summed E-state index contributed by atoms with van der Waals surface area (Å²) in [6.07, 6.45) is -1.27. The molecule has 376 valence electrons. The number of aromatic nitrogens is 2. The lowest BCUT2D eigenvalue weighted by molar-refractivity contribution is -0.169. The molecule has 1 unspecified atom stereocenters. The summed E-state index contributed by atoms with van der Waals surface area (Å²) in [7, 11) is 0.728. The second-order valence-corrected chi connectivity index (χ2v) is 26.5. The van der Waals surface area contributed by atoms with Crippen LogP contribution in [0.1, 0.15) is 83.4 Å². The van der Waals surface area contributed by atoms with Gasteiger partial charge in [-0.2, -0.15) is 5.26 Å². The normalized spacial score (nSPS) is 21.2. The van der Waals surface area contributed by atoms with Gasteiger partial charge < -0.3 is 37.3 Å². The summed E-state index contributed by atoms with van der Waals surface area (Å²) in [5.41, 5.74) is -0.926. The number of hydrogen-bond donors (Lipinski definition) is 1. The van der Waals surface area contributed by atoms with Crippen molar-refractivity contribution < 1.29 is 32.4 Å². The first-order chi connectivity index (χ1) is 32.7. The van der Waals surface area contributed by atoms with E-state index in [1.165, 1.54) is 4.57 Å². The summed E-state index contributed by atoms with van der Waals surface area (Å²) in [6, 6.07) is 28.1. The van der Waals surface area contributed by atoms with Gasteiger partial charge in [0.2, 0.25) is 0 Å². The molecule has 2 aliphatic rings. The highest BCUT2D eigenvalue weighted by atomic mass is 31.2. The lowest BCUT2D eigenvalue weighted by Crippen LogP contribution is -2.60. The van der Waals surface area contributed by atoms with E-state index in [0.29, 0.717) is 23.6 Å². The van der Waals surface area contributed by atoms with Gasteiger partial charge in [-0.25, -0.2) is 9.46 Å². The van der Waals surface area contributed by atoms with Crippen LogP contribution in [0.15, 0.2) is 94.6 Å². The van der Waals surface area contributed by atoms with Gasteiger partial charge in [-0.1, -0.05) is 75.4 Å². The maximum absolute atomic E-state index is 14.3.